The van der Waals surface area contributed by atoms with E-state index in [4.69, 9.17) is 5.73 Å². The van der Waals surface area contributed by atoms with Crippen molar-refractivity contribution < 1.29 is 13.5 Å². The lowest BCUT2D eigenvalue weighted by Gasteiger charge is -2.35. The van der Waals surface area contributed by atoms with E-state index in [-0.39, 0.29) is 10.7 Å². The van der Waals surface area contributed by atoms with Gasteiger partial charge in [0.2, 0.25) is 10.0 Å². The van der Waals surface area contributed by atoms with Crippen LogP contribution in [0, 0.1) is 0 Å². The molecule has 1 aliphatic rings. The summed E-state index contributed by atoms with van der Waals surface area (Å²) in [5, 5.41) is 9.82. The summed E-state index contributed by atoms with van der Waals surface area (Å²) in [6.07, 6.45) is 2.30. The summed E-state index contributed by atoms with van der Waals surface area (Å²) in [4.78, 5) is 3.83. The molecule has 3 N–H and O–H groups in total. The third-order valence-electron chi connectivity index (χ3n) is 3.22. The second-order valence-corrected chi connectivity index (χ2v) is 6.69. The van der Waals surface area contributed by atoms with Crippen LogP contribution < -0.4 is 5.73 Å². The van der Waals surface area contributed by atoms with E-state index in [1.165, 1.54) is 16.6 Å². The first-order valence-electron chi connectivity index (χ1n) is 5.76. The Morgan fingerprint density at radius 3 is 2.61 bits per heavy atom. The molecule has 1 fully saturated rings. The van der Waals surface area contributed by atoms with Gasteiger partial charge in [-0.25, -0.2) is 13.4 Å². The highest BCUT2D eigenvalue weighted by molar-refractivity contribution is 7.89. The van der Waals surface area contributed by atoms with Crippen molar-refractivity contribution in [2.45, 2.75) is 30.3 Å². The first-order valence-corrected chi connectivity index (χ1v) is 7.20. The highest BCUT2D eigenvalue weighted by Gasteiger charge is 2.34. The van der Waals surface area contributed by atoms with Crippen LogP contribution in [-0.4, -0.2) is 41.5 Å². The maximum atomic E-state index is 12.3. The zero-order valence-corrected chi connectivity index (χ0v) is 11.0. The third kappa shape index (κ3) is 2.47. The van der Waals surface area contributed by atoms with Crippen LogP contribution in [0.3, 0.4) is 0 Å². The number of nitrogen functional groups attached to an aromatic ring is 1. The van der Waals surface area contributed by atoms with Gasteiger partial charge in [0.05, 0.1) is 5.60 Å². The fourth-order valence-corrected chi connectivity index (χ4v) is 3.48. The Hall–Kier alpha value is -1.18. The number of aliphatic hydroxyl groups is 1. The third-order valence-corrected chi connectivity index (χ3v) is 5.16. The van der Waals surface area contributed by atoms with Crippen LogP contribution in [0.4, 0.5) is 5.82 Å². The van der Waals surface area contributed by atoms with Crippen molar-refractivity contribution in [2.24, 2.45) is 0 Å². The van der Waals surface area contributed by atoms with Crippen molar-refractivity contribution in [1.29, 1.82) is 0 Å². The molecule has 18 heavy (non-hydrogen) atoms. The summed E-state index contributed by atoms with van der Waals surface area (Å²) >= 11 is 0. The Bertz CT molecular complexity index is 532. The molecule has 1 aromatic rings. The van der Waals surface area contributed by atoms with Gasteiger partial charge in [-0.1, -0.05) is 0 Å². The number of rotatable bonds is 2. The first kappa shape index (κ1) is 13.3. The second kappa shape index (κ2) is 4.49. The van der Waals surface area contributed by atoms with Gasteiger partial charge >= 0.3 is 0 Å². The second-order valence-electron chi connectivity index (χ2n) is 4.79. The molecule has 1 saturated heterocycles. The van der Waals surface area contributed by atoms with Gasteiger partial charge in [-0.05, 0) is 31.9 Å². The quantitative estimate of drug-likeness (QED) is 0.801. The highest BCUT2D eigenvalue weighted by atomic mass is 32.2. The Morgan fingerprint density at radius 1 is 1.44 bits per heavy atom. The number of hydrogen-bond donors (Lipinski definition) is 2. The van der Waals surface area contributed by atoms with Gasteiger partial charge < -0.3 is 10.8 Å². The van der Waals surface area contributed by atoms with Gasteiger partial charge in [0.1, 0.15) is 10.7 Å². The highest BCUT2D eigenvalue weighted by Crippen LogP contribution is 2.27. The minimum Gasteiger partial charge on any atom is -0.390 e. The summed E-state index contributed by atoms with van der Waals surface area (Å²) in [6, 6.07) is 2.99. The number of nitrogens with zero attached hydrogens (tertiary/aromatic N) is 2. The summed E-state index contributed by atoms with van der Waals surface area (Å²) < 4.78 is 26.0. The topological polar surface area (TPSA) is 96.5 Å². The van der Waals surface area contributed by atoms with Crippen molar-refractivity contribution in [3.8, 4) is 0 Å². The predicted molar refractivity (Wildman–Crippen MR) is 67.3 cm³/mol. The van der Waals surface area contributed by atoms with E-state index in [0.29, 0.717) is 25.9 Å². The van der Waals surface area contributed by atoms with Crippen molar-refractivity contribution in [3.05, 3.63) is 18.3 Å². The molecule has 1 aliphatic heterocycles. The average molecular weight is 271 g/mol. The maximum absolute atomic E-state index is 12.3. The minimum atomic E-state index is -3.61. The molecule has 100 valence electrons. The fourth-order valence-electron chi connectivity index (χ4n) is 1.97. The molecule has 1 aromatic heterocycles. The lowest BCUT2D eigenvalue weighted by Crippen LogP contribution is -2.45. The predicted octanol–water partition coefficient (Wildman–Crippen LogP) is 0.199. The maximum Gasteiger partial charge on any atom is 0.246 e. The zero-order valence-electron chi connectivity index (χ0n) is 10.2. The molecule has 0 spiro atoms. The molecule has 0 bridgehead atoms. The Morgan fingerprint density at radius 2 is 2.06 bits per heavy atom. The summed E-state index contributed by atoms with van der Waals surface area (Å²) in [5.74, 6) is 0.00911. The van der Waals surface area contributed by atoms with Crippen LogP contribution in [0.25, 0.3) is 0 Å². The molecule has 2 rings (SSSR count). The SMILES string of the molecule is CC1(O)CCN(S(=O)(=O)c2cccnc2N)CC1. The average Bonchev–Trinajstić information content (AvgIpc) is 2.28. The van der Waals surface area contributed by atoms with E-state index < -0.39 is 15.6 Å². The Balaban J connectivity index is 2.26. The Labute approximate surface area is 106 Å². The molecular weight excluding hydrogens is 254 g/mol. The van der Waals surface area contributed by atoms with Crippen molar-refractivity contribution in [2.75, 3.05) is 18.8 Å². The van der Waals surface area contributed by atoms with E-state index in [1.807, 2.05) is 0 Å². The minimum absolute atomic E-state index is 0.00911. The first-order chi connectivity index (χ1) is 8.33. The van der Waals surface area contributed by atoms with Crippen molar-refractivity contribution in [3.63, 3.8) is 0 Å². The molecule has 0 unspecified atom stereocenters. The standard InChI is InChI=1S/C11H17N3O3S/c1-11(15)4-7-14(8-5-11)18(16,17)9-3-2-6-13-10(9)12/h2-3,6,15H,4-5,7-8H2,1H3,(H2,12,13). The number of piperidine rings is 1. The summed E-state index contributed by atoms with van der Waals surface area (Å²) in [6.45, 7) is 2.31. The smallest absolute Gasteiger partial charge is 0.246 e. The molecule has 0 aliphatic carbocycles. The van der Waals surface area contributed by atoms with Crippen LogP contribution in [-0.2, 0) is 10.0 Å². The molecule has 0 amide bonds. The van der Waals surface area contributed by atoms with Crippen molar-refractivity contribution in [1.82, 2.24) is 9.29 Å². The monoisotopic (exact) mass is 271 g/mol. The zero-order chi connectivity index (χ0) is 13.4. The molecule has 0 radical (unpaired) electrons. The summed E-state index contributed by atoms with van der Waals surface area (Å²) in [5.41, 5.74) is 4.82. The van der Waals surface area contributed by atoms with Crippen LogP contribution >= 0.6 is 0 Å². The number of anilines is 1. The van der Waals surface area contributed by atoms with E-state index >= 15 is 0 Å². The van der Waals surface area contributed by atoms with Gasteiger partial charge in [-0.3, -0.25) is 0 Å². The molecule has 6 nitrogen and oxygen atoms in total. The molecule has 0 aromatic carbocycles. The molecule has 0 atom stereocenters. The number of sulfonamides is 1. The number of hydrogen-bond acceptors (Lipinski definition) is 5. The van der Waals surface area contributed by atoms with Gasteiger partial charge in [-0.15, -0.1) is 0 Å². The molecule has 2 heterocycles. The fraction of sp³-hybridized carbons (Fsp3) is 0.545. The van der Waals surface area contributed by atoms with E-state index in [1.54, 1.807) is 13.0 Å². The molecular formula is C11H17N3O3S. The molecule has 0 saturated carbocycles. The van der Waals surface area contributed by atoms with Gasteiger partial charge in [0, 0.05) is 19.3 Å². The van der Waals surface area contributed by atoms with Crippen LogP contribution in [0.15, 0.2) is 23.2 Å². The van der Waals surface area contributed by atoms with Gasteiger partial charge in [-0.2, -0.15) is 4.31 Å². The van der Waals surface area contributed by atoms with Crippen molar-refractivity contribution >= 4 is 15.8 Å². The summed E-state index contributed by atoms with van der Waals surface area (Å²) in [7, 11) is -3.61. The number of aromatic nitrogens is 1. The molecule has 7 heteroatoms. The Kier molecular flexibility index (Phi) is 3.31. The van der Waals surface area contributed by atoms with Crippen LogP contribution in [0.2, 0.25) is 0 Å². The normalized spacial score (nSPS) is 20.8. The lowest BCUT2D eigenvalue weighted by molar-refractivity contribution is 0.0126. The van der Waals surface area contributed by atoms with E-state index in [0.717, 1.165) is 0 Å². The van der Waals surface area contributed by atoms with E-state index in [2.05, 4.69) is 4.98 Å². The number of pyridine rings is 1. The largest absolute Gasteiger partial charge is 0.390 e. The van der Waals surface area contributed by atoms with Crippen LogP contribution in [0.1, 0.15) is 19.8 Å². The van der Waals surface area contributed by atoms with Gasteiger partial charge in [0.25, 0.3) is 0 Å². The van der Waals surface area contributed by atoms with Crippen LogP contribution in [0.5, 0.6) is 0 Å². The lowest BCUT2D eigenvalue weighted by atomic mass is 9.95. The van der Waals surface area contributed by atoms with Gasteiger partial charge in [0.15, 0.2) is 0 Å². The number of nitrogens with two attached hydrogens (primary N) is 1. The van der Waals surface area contributed by atoms with E-state index in [9.17, 15) is 13.5 Å².